The molecule has 31 heavy (non-hydrogen) atoms. The minimum atomic E-state index is -0.246. The summed E-state index contributed by atoms with van der Waals surface area (Å²) in [7, 11) is 0. The molecule has 0 amide bonds. The Morgan fingerprint density at radius 3 is 2.81 bits per heavy atom. The highest BCUT2D eigenvalue weighted by molar-refractivity contribution is 5.92. The zero-order chi connectivity index (χ0) is 21.6. The number of rotatable bonds is 7. The van der Waals surface area contributed by atoms with Gasteiger partial charge in [-0.05, 0) is 64.6 Å². The van der Waals surface area contributed by atoms with Crippen LogP contribution in [0, 0.1) is 5.82 Å². The second-order valence-electron chi connectivity index (χ2n) is 7.58. The molecule has 0 aliphatic carbocycles. The first-order valence-electron chi connectivity index (χ1n) is 10.5. The van der Waals surface area contributed by atoms with E-state index >= 15 is 0 Å². The first kappa shape index (κ1) is 20.8. The van der Waals surface area contributed by atoms with Crippen LogP contribution in [0.4, 0.5) is 4.39 Å². The lowest BCUT2D eigenvalue weighted by atomic mass is 9.90. The van der Waals surface area contributed by atoms with Crippen molar-refractivity contribution in [2.24, 2.45) is 9.98 Å². The average molecular weight is 416 g/mol. The van der Waals surface area contributed by atoms with Gasteiger partial charge in [0.05, 0.1) is 25.6 Å². The number of benzene rings is 3. The number of phenolic OH excluding ortho intramolecular Hbond substituents is 1. The smallest absolute Gasteiger partial charge is 0.160 e. The van der Waals surface area contributed by atoms with Gasteiger partial charge in [0.1, 0.15) is 5.82 Å². The van der Waals surface area contributed by atoms with E-state index in [1.165, 1.54) is 6.07 Å². The van der Waals surface area contributed by atoms with Crippen LogP contribution in [0.1, 0.15) is 36.0 Å². The van der Waals surface area contributed by atoms with E-state index in [1.54, 1.807) is 24.3 Å². The molecule has 0 bridgehead atoms. The number of hydrogen-bond acceptors (Lipinski definition) is 4. The summed E-state index contributed by atoms with van der Waals surface area (Å²) in [5, 5.41) is 10.1. The Kier molecular flexibility index (Phi) is 6.41. The highest BCUT2D eigenvalue weighted by Crippen LogP contribution is 2.30. The van der Waals surface area contributed by atoms with Gasteiger partial charge in [-0.2, -0.15) is 0 Å². The van der Waals surface area contributed by atoms with Crippen molar-refractivity contribution in [3.8, 4) is 22.6 Å². The molecule has 1 aliphatic heterocycles. The molecule has 0 fully saturated rings. The fraction of sp³-hybridized carbons (Fsp3) is 0.231. The predicted octanol–water partition coefficient (Wildman–Crippen LogP) is 5.93. The summed E-state index contributed by atoms with van der Waals surface area (Å²) in [6.45, 7) is 3.68. The Morgan fingerprint density at radius 1 is 1.13 bits per heavy atom. The lowest BCUT2D eigenvalue weighted by Crippen LogP contribution is -2.11. The number of ether oxygens (including phenoxy) is 1. The van der Waals surface area contributed by atoms with Crippen molar-refractivity contribution in [2.75, 3.05) is 6.61 Å². The van der Waals surface area contributed by atoms with E-state index in [4.69, 9.17) is 4.74 Å². The Balaban J connectivity index is 1.50. The highest BCUT2D eigenvalue weighted by Gasteiger charge is 2.16. The van der Waals surface area contributed by atoms with E-state index in [2.05, 4.69) is 22.1 Å². The molecule has 0 spiro atoms. The molecule has 1 unspecified atom stereocenters. The first-order chi connectivity index (χ1) is 15.1. The third-order valence-electron chi connectivity index (χ3n) is 5.22. The summed E-state index contributed by atoms with van der Waals surface area (Å²) in [5.41, 5.74) is 5.00. The summed E-state index contributed by atoms with van der Waals surface area (Å²) in [4.78, 5) is 9.05. The van der Waals surface area contributed by atoms with Gasteiger partial charge in [-0.1, -0.05) is 37.3 Å². The molecule has 5 heteroatoms. The molecule has 3 aromatic carbocycles. The second kappa shape index (κ2) is 9.56. The average Bonchev–Trinajstić information content (AvgIpc) is 2.78. The van der Waals surface area contributed by atoms with E-state index in [1.807, 2.05) is 37.6 Å². The van der Waals surface area contributed by atoms with Gasteiger partial charge in [-0.3, -0.25) is 9.98 Å². The van der Waals surface area contributed by atoms with Gasteiger partial charge >= 0.3 is 0 Å². The number of nitrogens with zero attached hydrogens (tertiary/aromatic N) is 2. The normalized spacial score (nSPS) is 15.2. The highest BCUT2D eigenvalue weighted by atomic mass is 19.1. The fourth-order valence-corrected chi connectivity index (χ4v) is 3.63. The third-order valence-corrected chi connectivity index (χ3v) is 5.22. The van der Waals surface area contributed by atoms with Crippen LogP contribution >= 0.6 is 0 Å². The standard InChI is InChI=1S/C26H25FN2O2/c1-2-10-31-26-9-6-18(11-25(26)30)14-28-16-22-17-29-15-21-8-7-20(13-24(21)22)19-4-3-5-23(27)12-19/h3-9,11-13,16-17,22,30H,2,10,14-15H2,1H3. The molecular weight excluding hydrogens is 391 g/mol. The summed E-state index contributed by atoms with van der Waals surface area (Å²) in [6, 6.07) is 18.2. The Morgan fingerprint density at radius 2 is 2.00 bits per heavy atom. The van der Waals surface area contributed by atoms with Crippen LogP contribution in [0.5, 0.6) is 11.5 Å². The Labute approximate surface area is 181 Å². The number of halogens is 1. The molecule has 158 valence electrons. The molecule has 1 atom stereocenters. The number of fused-ring (bicyclic) bond motifs is 1. The zero-order valence-corrected chi connectivity index (χ0v) is 17.5. The molecule has 0 saturated heterocycles. The summed E-state index contributed by atoms with van der Waals surface area (Å²) < 4.78 is 19.1. The number of hydrogen-bond donors (Lipinski definition) is 1. The number of aliphatic imine (C=N–C) groups is 2. The van der Waals surface area contributed by atoms with Gasteiger partial charge in [0.2, 0.25) is 0 Å². The topological polar surface area (TPSA) is 54.2 Å². The van der Waals surface area contributed by atoms with Gasteiger partial charge in [0, 0.05) is 12.4 Å². The molecule has 4 rings (SSSR count). The van der Waals surface area contributed by atoms with Crippen molar-refractivity contribution < 1.29 is 14.2 Å². The SMILES string of the molecule is CCCOc1ccc(CN=CC2C=NCc3ccc(-c4cccc(F)c4)cc32)cc1O. The van der Waals surface area contributed by atoms with E-state index in [0.717, 1.165) is 34.2 Å². The van der Waals surface area contributed by atoms with Crippen molar-refractivity contribution in [3.05, 3.63) is 83.2 Å². The molecule has 0 saturated carbocycles. The minimum Gasteiger partial charge on any atom is -0.504 e. The Hall–Kier alpha value is -3.47. The van der Waals surface area contributed by atoms with Crippen molar-refractivity contribution in [2.45, 2.75) is 32.4 Å². The van der Waals surface area contributed by atoms with Crippen LogP contribution in [-0.4, -0.2) is 24.1 Å². The molecule has 1 aliphatic rings. The van der Waals surface area contributed by atoms with Gasteiger partial charge in [-0.15, -0.1) is 0 Å². The summed E-state index contributed by atoms with van der Waals surface area (Å²) >= 11 is 0. The molecule has 1 heterocycles. The number of aromatic hydroxyl groups is 1. The van der Waals surface area contributed by atoms with Crippen LogP contribution in [0.3, 0.4) is 0 Å². The maximum absolute atomic E-state index is 13.6. The monoisotopic (exact) mass is 416 g/mol. The van der Waals surface area contributed by atoms with Crippen LogP contribution in [0.25, 0.3) is 11.1 Å². The summed E-state index contributed by atoms with van der Waals surface area (Å²) in [6.07, 6.45) is 4.67. The van der Waals surface area contributed by atoms with Crippen molar-refractivity contribution in [1.82, 2.24) is 0 Å². The van der Waals surface area contributed by atoms with Crippen molar-refractivity contribution >= 4 is 12.4 Å². The van der Waals surface area contributed by atoms with Crippen LogP contribution < -0.4 is 4.74 Å². The lowest BCUT2D eigenvalue weighted by molar-refractivity contribution is 0.299. The van der Waals surface area contributed by atoms with Gasteiger partial charge in [0.25, 0.3) is 0 Å². The van der Waals surface area contributed by atoms with Gasteiger partial charge in [-0.25, -0.2) is 4.39 Å². The summed E-state index contributed by atoms with van der Waals surface area (Å²) in [5.74, 6) is 0.334. The van der Waals surface area contributed by atoms with Crippen molar-refractivity contribution in [3.63, 3.8) is 0 Å². The van der Waals surface area contributed by atoms with Crippen molar-refractivity contribution in [1.29, 1.82) is 0 Å². The van der Waals surface area contributed by atoms with E-state index < -0.39 is 0 Å². The third kappa shape index (κ3) is 5.00. The molecule has 3 aromatic rings. The van der Waals surface area contributed by atoms with Crippen LogP contribution in [0.15, 0.2) is 70.6 Å². The van der Waals surface area contributed by atoms with Gasteiger partial charge in [0.15, 0.2) is 11.5 Å². The van der Waals surface area contributed by atoms with E-state index in [0.29, 0.717) is 25.4 Å². The largest absolute Gasteiger partial charge is 0.504 e. The Bertz CT molecular complexity index is 1120. The minimum absolute atomic E-state index is 0.0435. The maximum Gasteiger partial charge on any atom is 0.160 e. The van der Waals surface area contributed by atoms with Crippen LogP contribution in [0.2, 0.25) is 0 Å². The first-order valence-corrected chi connectivity index (χ1v) is 10.5. The molecule has 0 aromatic heterocycles. The van der Waals surface area contributed by atoms with E-state index in [-0.39, 0.29) is 17.5 Å². The molecule has 0 radical (unpaired) electrons. The maximum atomic E-state index is 13.6. The fourth-order valence-electron chi connectivity index (χ4n) is 3.63. The van der Waals surface area contributed by atoms with Gasteiger partial charge < -0.3 is 9.84 Å². The molecule has 4 nitrogen and oxygen atoms in total. The predicted molar refractivity (Wildman–Crippen MR) is 123 cm³/mol. The molecular formula is C26H25FN2O2. The van der Waals surface area contributed by atoms with Crippen LogP contribution in [-0.2, 0) is 13.1 Å². The second-order valence-corrected chi connectivity index (χ2v) is 7.58. The quantitative estimate of drug-likeness (QED) is 0.486. The number of phenols is 1. The van der Waals surface area contributed by atoms with E-state index in [9.17, 15) is 9.50 Å². The molecule has 1 N–H and O–H groups in total. The lowest BCUT2D eigenvalue weighted by Gasteiger charge is -2.18. The zero-order valence-electron chi connectivity index (χ0n) is 17.5.